The molecule has 0 aliphatic rings. The Morgan fingerprint density at radius 2 is 1.59 bits per heavy atom. The van der Waals surface area contributed by atoms with Gasteiger partial charge in [-0.05, 0) is 28.7 Å². The number of nitrogens with one attached hydrogen (secondary N) is 1. The summed E-state index contributed by atoms with van der Waals surface area (Å²) in [6, 6.07) is 18.8. The SMILES string of the molecule is CCc1cccc(-c2cccc(Cc3cc(=O)n(C)[nH]3)c2)c1. The standard InChI is InChI=1S/C19H20N2O/c1-3-14-6-4-8-16(10-14)17-9-5-7-15(11-17)12-18-13-19(22)21(2)20-18/h4-11,13,20H,3,12H2,1-2H3. The van der Waals surface area contributed by atoms with Gasteiger partial charge in [-0.25, -0.2) is 0 Å². The van der Waals surface area contributed by atoms with Gasteiger partial charge in [0.2, 0.25) is 0 Å². The van der Waals surface area contributed by atoms with E-state index in [9.17, 15) is 4.79 Å². The molecule has 0 saturated heterocycles. The van der Waals surface area contributed by atoms with Crippen molar-refractivity contribution in [2.45, 2.75) is 19.8 Å². The van der Waals surface area contributed by atoms with Crippen LogP contribution in [-0.4, -0.2) is 9.78 Å². The van der Waals surface area contributed by atoms with E-state index in [0.29, 0.717) is 0 Å². The van der Waals surface area contributed by atoms with Crippen molar-refractivity contribution in [1.29, 1.82) is 0 Å². The number of hydrogen-bond acceptors (Lipinski definition) is 1. The van der Waals surface area contributed by atoms with E-state index in [-0.39, 0.29) is 5.56 Å². The largest absolute Gasteiger partial charge is 0.300 e. The Morgan fingerprint density at radius 1 is 0.955 bits per heavy atom. The van der Waals surface area contributed by atoms with Crippen LogP contribution in [0.5, 0.6) is 0 Å². The number of nitrogens with zero attached hydrogens (tertiary/aromatic N) is 1. The Morgan fingerprint density at radius 3 is 2.18 bits per heavy atom. The van der Waals surface area contributed by atoms with Crippen LogP contribution in [0.4, 0.5) is 0 Å². The highest BCUT2D eigenvalue weighted by atomic mass is 16.1. The van der Waals surface area contributed by atoms with Gasteiger partial charge in [0.15, 0.2) is 0 Å². The quantitative estimate of drug-likeness (QED) is 0.785. The number of aromatic amines is 1. The van der Waals surface area contributed by atoms with E-state index in [1.165, 1.54) is 26.9 Å². The molecule has 0 radical (unpaired) electrons. The van der Waals surface area contributed by atoms with Crippen molar-refractivity contribution in [2.75, 3.05) is 0 Å². The lowest BCUT2D eigenvalue weighted by molar-refractivity contribution is 0.725. The van der Waals surface area contributed by atoms with Crippen molar-refractivity contribution in [3.8, 4) is 11.1 Å². The fourth-order valence-corrected chi connectivity index (χ4v) is 2.69. The molecular formula is C19H20N2O. The minimum absolute atomic E-state index is 0.00167. The molecule has 0 saturated carbocycles. The Kier molecular flexibility index (Phi) is 3.96. The third-order valence-corrected chi connectivity index (χ3v) is 3.93. The first-order chi connectivity index (χ1) is 10.7. The Balaban J connectivity index is 1.90. The number of aryl methyl sites for hydroxylation is 2. The molecule has 0 bridgehead atoms. The molecule has 3 heteroatoms. The fourth-order valence-electron chi connectivity index (χ4n) is 2.69. The van der Waals surface area contributed by atoms with Gasteiger partial charge < -0.3 is 0 Å². The van der Waals surface area contributed by atoms with E-state index >= 15 is 0 Å². The van der Waals surface area contributed by atoms with E-state index in [1.807, 2.05) is 0 Å². The Bertz CT molecular complexity index is 842. The summed E-state index contributed by atoms with van der Waals surface area (Å²) < 4.78 is 1.50. The van der Waals surface area contributed by atoms with Crippen molar-refractivity contribution in [3.05, 3.63) is 81.8 Å². The van der Waals surface area contributed by atoms with Crippen molar-refractivity contribution < 1.29 is 0 Å². The second-order valence-electron chi connectivity index (χ2n) is 5.61. The van der Waals surface area contributed by atoms with Gasteiger partial charge in [-0.15, -0.1) is 0 Å². The lowest BCUT2D eigenvalue weighted by Crippen LogP contribution is -2.09. The predicted octanol–water partition coefficient (Wildman–Crippen LogP) is 3.53. The fraction of sp³-hybridized carbons (Fsp3) is 0.211. The van der Waals surface area contributed by atoms with Crippen LogP contribution in [0.25, 0.3) is 11.1 Å². The maximum Gasteiger partial charge on any atom is 0.266 e. The normalized spacial score (nSPS) is 10.8. The smallest absolute Gasteiger partial charge is 0.266 e. The van der Waals surface area contributed by atoms with E-state index in [4.69, 9.17) is 0 Å². The zero-order valence-electron chi connectivity index (χ0n) is 13.0. The van der Waals surface area contributed by atoms with Gasteiger partial charge in [-0.3, -0.25) is 14.6 Å². The number of aromatic nitrogens is 2. The zero-order chi connectivity index (χ0) is 15.5. The molecule has 3 aromatic rings. The summed E-state index contributed by atoms with van der Waals surface area (Å²) in [6.07, 6.45) is 1.77. The molecule has 0 atom stereocenters. The van der Waals surface area contributed by atoms with Crippen LogP contribution in [0.3, 0.4) is 0 Å². The van der Waals surface area contributed by atoms with E-state index in [2.05, 4.69) is 60.6 Å². The summed E-state index contributed by atoms with van der Waals surface area (Å²) in [5.74, 6) is 0. The number of H-pyrrole nitrogens is 1. The van der Waals surface area contributed by atoms with Crippen molar-refractivity contribution in [1.82, 2.24) is 9.78 Å². The molecule has 0 amide bonds. The average Bonchev–Trinajstić information content (AvgIpc) is 2.85. The topological polar surface area (TPSA) is 37.8 Å². The lowest BCUT2D eigenvalue weighted by Gasteiger charge is -2.07. The summed E-state index contributed by atoms with van der Waals surface area (Å²) in [5, 5.41) is 3.07. The van der Waals surface area contributed by atoms with E-state index in [0.717, 1.165) is 18.5 Å². The maximum absolute atomic E-state index is 11.5. The highest BCUT2D eigenvalue weighted by Crippen LogP contribution is 2.22. The molecule has 1 N–H and O–H groups in total. The molecule has 0 aliphatic carbocycles. The van der Waals surface area contributed by atoms with Gasteiger partial charge >= 0.3 is 0 Å². The lowest BCUT2D eigenvalue weighted by atomic mass is 9.99. The third kappa shape index (κ3) is 3.03. The molecular weight excluding hydrogens is 272 g/mol. The zero-order valence-corrected chi connectivity index (χ0v) is 13.0. The minimum atomic E-state index is 0.00167. The van der Waals surface area contributed by atoms with Crippen LogP contribution in [0.15, 0.2) is 59.4 Å². The third-order valence-electron chi connectivity index (χ3n) is 3.93. The highest BCUT2D eigenvalue weighted by Gasteiger charge is 2.04. The minimum Gasteiger partial charge on any atom is -0.300 e. The van der Waals surface area contributed by atoms with Crippen LogP contribution in [0.1, 0.15) is 23.7 Å². The maximum atomic E-state index is 11.5. The molecule has 1 heterocycles. The summed E-state index contributed by atoms with van der Waals surface area (Å²) in [7, 11) is 1.73. The van der Waals surface area contributed by atoms with Gasteiger partial charge in [0.05, 0.1) is 0 Å². The van der Waals surface area contributed by atoms with Gasteiger partial charge in [0.25, 0.3) is 5.56 Å². The number of benzene rings is 2. The van der Waals surface area contributed by atoms with Gasteiger partial charge in [-0.2, -0.15) is 0 Å². The highest BCUT2D eigenvalue weighted by molar-refractivity contribution is 5.65. The molecule has 0 unspecified atom stereocenters. The number of rotatable bonds is 4. The first-order valence-electron chi connectivity index (χ1n) is 7.59. The molecule has 0 aliphatic heterocycles. The summed E-state index contributed by atoms with van der Waals surface area (Å²) in [6.45, 7) is 2.17. The molecule has 0 fully saturated rings. The Labute approximate surface area is 130 Å². The molecule has 0 spiro atoms. The molecule has 3 rings (SSSR count). The average molecular weight is 292 g/mol. The second kappa shape index (κ2) is 6.06. The number of hydrogen-bond donors (Lipinski definition) is 1. The molecule has 1 aromatic heterocycles. The van der Waals surface area contributed by atoms with Gasteiger partial charge in [0, 0.05) is 25.2 Å². The van der Waals surface area contributed by atoms with Gasteiger partial charge in [0.1, 0.15) is 0 Å². The molecule has 22 heavy (non-hydrogen) atoms. The van der Waals surface area contributed by atoms with Crippen LogP contribution in [0, 0.1) is 0 Å². The Hall–Kier alpha value is -2.55. The van der Waals surface area contributed by atoms with E-state index < -0.39 is 0 Å². The van der Waals surface area contributed by atoms with Gasteiger partial charge in [-0.1, -0.05) is 55.5 Å². The summed E-state index contributed by atoms with van der Waals surface area (Å²) in [5.41, 5.74) is 5.93. The molecule has 3 nitrogen and oxygen atoms in total. The first-order valence-corrected chi connectivity index (χ1v) is 7.59. The van der Waals surface area contributed by atoms with E-state index in [1.54, 1.807) is 13.1 Å². The monoisotopic (exact) mass is 292 g/mol. The molecule has 2 aromatic carbocycles. The van der Waals surface area contributed by atoms with Crippen LogP contribution in [-0.2, 0) is 19.9 Å². The summed E-state index contributed by atoms with van der Waals surface area (Å²) >= 11 is 0. The first kappa shape index (κ1) is 14.4. The van der Waals surface area contributed by atoms with Crippen LogP contribution in [0.2, 0.25) is 0 Å². The predicted molar refractivity (Wildman–Crippen MR) is 90.1 cm³/mol. The van der Waals surface area contributed by atoms with Crippen molar-refractivity contribution in [3.63, 3.8) is 0 Å². The van der Waals surface area contributed by atoms with Crippen LogP contribution < -0.4 is 5.56 Å². The molecule has 112 valence electrons. The van der Waals surface area contributed by atoms with Crippen LogP contribution >= 0.6 is 0 Å². The summed E-state index contributed by atoms with van der Waals surface area (Å²) in [4.78, 5) is 11.5. The van der Waals surface area contributed by atoms with Crippen molar-refractivity contribution in [2.24, 2.45) is 7.05 Å². The second-order valence-corrected chi connectivity index (χ2v) is 5.61. The van der Waals surface area contributed by atoms with Crippen molar-refractivity contribution >= 4 is 0 Å².